The summed E-state index contributed by atoms with van der Waals surface area (Å²) in [6.45, 7) is 2.08. The minimum Gasteiger partial charge on any atom is -0.307 e. The summed E-state index contributed by atoms with van der Waals surface area (Å²) in [5.74, 6) is 0. The van der Waals surface area contributed by atoms with E-state index in [0.717, 1.165) is 34.4 Å². The highest BCUT2D eigenvalue weighted by Gasteiger charge is 2.15. The van der Waals surface area contributed by atoms with E-state index in [4.69, 9.17) is 11.6 Å². The van der Waals surface area contributed by atoms with Crippen LogP contribution in [0, 0.1) is 11.3 Å². The Balaban J connectivity index is 1.94. The third-order valence-electron chi connectivity index (χ3n) is 4.23. The maximum atomic E-state index is 9.60. The molecule has 3 heterocycles. The van der Waals surface area contributed by atoms with Crippen LogP contribution in [-0.2, 0) is 6.42 Å². The van der Waals surface area contributed by atoms with Crippen molar-refractivity contribution in [3.8, 4) is 23.0 Å². The van der Waals surface area contributed by atoms with Crippen molar-refractivity contribution >= 4 is 17.1 Å². The number of hydrogen-bond donors (Lipinski definition) is 0. The Morgan fingerprint density at radius 1 is 1.24 bits per heavy atom. The molecule has 0 bridgehead atoms. The van der Waals surface area contributed by atoms with Crippen molar-refractivity contribution in [1.82, 2.24) is 19.2 Å². The molecule has 0 saturated carbocycles. The first kappa shape index (κ1) is 15.4. The average Bonchev–Trinajstić information content (AvgIpc) is 3.28. The fourth-order valence-corrected chi connectivity index (χ4v) is 3.19. The molecule has 0 aliphatic heterocycles. The van der Waals surface area contributed by atoms with Gasteiger partial charge in [-0.1, -0.05) is 24.6 Å². The summed E-state index contributed by atoms with van der Waals surface area (Å²) in [5.41, 5.74) is 5.12. The van der Waals surface area contributed by atoms with Gasteiger partial charge in [-0.3, -0.25) is 0 Å². The summed E-state index contributed by atoms with van der Waals surface area (Å²) in [4.78, 5) is 4.41. The molecule has 5 nitrogen and oxygen atoms in total. The molecule has 4 rings (SSSR count). The van der Waals surface area contributed by atoms with E-state index in [9.17, 15) is 5.26 Å². The van der Waals surface area contributed by atoms with Crippen LogP contribution in [0.4, 0.5) is 0 Å². The Hall–Kier alpha value is -3.10. The molecule has 0 fully saturated rings. The number of nitrogens with zero attached hydrogens (tertiary/aromatic N) is 5. The van der Waals surface area contributed by atoms with E-state index in [1.807, 2.05) is 53.4 Å². The van der Waals surface area contributed by atoms with Gasteiger partial charge in [-0.25, -0.2) is 9.50 Å². The van der Waals surface area contributed by atoms with E-state index in [-0.39, 0.29) is 0 Å². The van der Waals surface area contributed by atoms with E-state index in [0.29, 0.717) is 10.7 Å². The van der Waals surface area contributed by atoms with Crippen molar-refractivity contribution < 1.29 is 0 Å². The lowest BCUT2D eigenvalue weighted by Crippen LogP contribution is -2.00. The predicted octanol–water partition coefficient (Wildman–Crippen LogP) is 4.27. The first-order chi connectivity index (χ1) is 12.2. The second-order valence-electron chi connectivity index (χ2n) is 5.67. The Morgan fingerprint density at radius 2 is 2.12 bits per heavy atom. The number of aromatic nitrogens is 4. The second kappa shape index (κ2) is 6.08. The highest BCUT2D eigenvalue weighted by molar-refractivity contribution is 6.30. The van der Waals surface area contributed by atoms with Gasteiger partial charge in [0.1, 0.15) is 18.1 Å². The van der Waals surface area contributed by atoms with E-state index >= 15 is 0 Å². The van der Waals surface area contributed by atoms with Crippen molar-refractivity contribution in [3.63, 3.8) is 0 Å². The summed E-state index contributed by atoms with van der Waals surface area (Å²) in [5, 5.41) is 14.4. The van der Waals surface area contributed by atoms with Crippen molar-refractivity contribution in [2.45, 2.75) is 13.3 Å². The van der Waals surface area contributed by atoms with Gasteiger partial charge in [0.05, 0.1) is 16.9 Å². The van der Waals surface area contributed by atoms with Crippen LogP contribution in [0.1, 0.15) is 18.2 Å². The van der Waals surface area contributed by atoms with Crippen LogP contribution in [0.2, 0.25) is 5.02 Å². The Morgan fingerprint density at radius 3 is 2.92 bits per heavy atom. The molecule has 4 aromatic rings. The van der Waals surface area contributed by atoms with Gasteiger partial charge in [-0.2, -0.15) is 10.4 Å². The minimum atomic E-state index is 0.537. The molecule has 0 saturated heterocycles. The molecule has 3 aromatic heterocycles. The molecule has 1 aromatic carbocycles. The lowest BCUT2D eigenvalue weighted by molar-refractivity contribution is 0.906. The Bertz CT molecular complexity index is 1120. The summed E-state index contributed by atoms with van der Waals surface area (Å²) in [6, 6.07) is 13.7. The summed E-state index contributed by atoms with van der Waals surface area (Å²) < 4.78 is 3.64. The molecule has 0 aliphatic carbocycles. The highest BCUT2D eigenvalue weighted by Crippen LogP contribution is 2.29. The number of hydrogen-bond acceptors (Lipinski definition) is 3. The van der Waals surface area contributed by atoms with Gasteiger partial charge in [0, 0.05) is 23.0 Å². The van der Waals surface area contributed by atoms with Gasteiger partial charge in [0.2, 0.25) is 0 Å². The van der Waals surface area contributed by atoms with Crippen LogP contribution in [0.5, 0.6) is 0 Å². The van der Waals surface area contributed by atoms with Crippen LogP contribution in [0.25, 0.3) is 22.5 Å². The van der Waals surface area contributed by atoms with Gasteiger partial charge in [-0.15, -0.1) is 0 Å². The van der Waals surface area contributed by atoms with E-state index in [1.54, 1.807) is 4.52 Å². The van der Waals surface area contributed by atoms with Gasteiger partial charge in [-0.05, 0) is 42.3 Å². The summed E-state index contributed by atoms with van der Waals surface area (Å²) in [6.07, 6.45) is 6.16. The van der Waals surface area contributed by atoms with Gasteiger partial charge < -0.3 is 4.57 Å². The molecule has 0 amide bonds. The summed E-state index contributed by atoms with van der Waals surface area (Å²) >= 11 is 6.19. The monoisotopic (exact) mass is 347 g/mol. The molecule has 0 spiro atoms. The number of rotatable bonds is 3. The number of aryl methyl sites for hydroxylation is 1. The molecule has 0 N–H and O–H groups in total. The third kappa shape index (κ3) is 2.57. The Kier molecular flexibility index (Phi) is 3.75. The fourth-order valence-electron chi connectivity index (χ4n) is 3.03. The van der Waals surface area contributed by atoms with Crippen LogP contribution >= 0.6 is 11.6 Å². The zero-order valence-electron chi connectivity index (χ0n) is 13.5. The molecular weight excluding hydrogens is 334 g/mol. The van der Waals surface area contributed by atoms with E-state index < -0.39 is 0 Å². The number of nitriles is 1. The molecule has 6 heteroatoms. The SMILES string of the molecule is CCc1ccc(Cl)cc1-n1cc(-c2ncnn3cccc23)cc1C#N. The standard InChI is InChI=1S/C19H14ClN5/c1-2-13-5-6-15(20)9-18(13)24-11-14(8-16(24)10-21)19-17-4-3-7-25(17)23-12-22-19/h3-9,11-12H,2H2,1H3. The average molecular weight is 348 g/mol. The van der Waals surface area contributed by atoms with Crippen LogP contribution < -0.4 is 0 Å². The fraction of sp³-hybridized carbons (Fsp3) is 0.105. The normalized spacial score (nSPS) is 10.9. The third-order valence-corrected chi connectivity index (χ3v) is 4.46. The van der Waals surface area contributed by atoms with Crippen molar-refractivity contribution in [2.75, 3.05) is 0 Å². The topological polar surface area (TPSA) is 58.9 Å². The smallest absolute Gasteiger partial charge is 0.137 e. The molecule has 122 valence electrons. The lowest BCUT2D eigenvalue weighted by Gasteiger charge is -2.11. The quantitative estimate of drug-likeness (QED) is 0.556. The maximum absolute atomic E-state index is 9.60. The minimum absolute atomic E-state index is 0.537. The Labute approximate surface area is 149 Å². The van der Waals surface area contributed by atoms with Crippen molar-refractivity contribution in [2.24, 2.45) is 0 Å². The van der Waals surface area contributed by atoms with Gasteiger partial charge >= 0.3 is 0 Å². The zero-order chi connectivity index (χ0) is 17.4. The predicted molar refractivity (Wildman–Crippen MR) is 96.9 cm³/mol. The highest BCUT2D eigenvalue weighted by atomic mass is 35.5. The lowest BCUT2D eigenvalue weighted by atomic mass is 10.1. The summed E-state index contributed by atoms with van der Waals surface area (Å²) in [7, 11) is 0. The maximum Gasteiger partial charge on any atom is 0.137 e. The second-order valence-corrected chi connectivity index (χ2v) is 6.11. The van der Waals surface area contributed by atoms with Crippen LogP contribution in [0.15, 0.2) is 55.1 Å². The van der Waals surface area contributed by atoms with Crippen LogP contribution in [0.3, 0.4) is 0 Å². The molecule has 0 unspecified atom stereocenters. The van der Waals surface area contributed by atoms with Crippen LogP contribution in [-0.4, -0.2) is 19.2 Å². The number of halogens is 1. The number of benzene rings is 1. The molecule has 0 aliphatic rings. The van der Waals surface area contributed by atoms with E-state index in [2.05, 4.69) is 23.1 Å². The van der Waals surface area contributed by atoms with E-state index in [1.165, 1.54) is 6.33 Å². The molecule has 0 radical (unpaired) electrons. The van der Waals surface area contributed by atoms with Gasteiger partial charge in [0.25, 0.3) is 0 Å². The van der Waals surface area contributed by atoms with Crippen molar-refractivity contribution in [3.05, 3.63) is 71.4 Å². The number of fused-ring (bicyclic) bond motifs is 1. The molecule has 25 heavy (non-hydrogen) atoms. The first-order valence-electron chi connectivity index (χ1n) is 7.91. The molecular formula is C19H14ClN5. The first-order valence-corrected chi connectivity index (χ1v) is 8.29. The zero-order valence-corrected chi connectivity index (χ0v) is 14.3. The van der Waals surface area contributed by atoms with Crippen molar-refractivity contribution in [1.29, 1.82) is 5.26 Å². The molecule has 0 atom stereocenters. The largest absolute Gasteiger partial charge is 0.307 e. The van der Waals surface area contributed by atoms with Gasteiger partial charge in [0.15, 0.2) is 0 Å².